The van der Waals surface area contributed by atoms with Gasteiger partial charge >= 0.3 is 0 Å². The van der Waals surface area contributed by atoms with E-state index in [9.17, 15) is 0 Å². The van der Waals surface area contributed by atoms with Crippen LogP contribution in [0.25, 0.3) is 16.9 Å². The van der Waals surface area contributed by atoms with Crippen LogP contribution in [0.1, 0.15) is 18.7 Å². The van der Waals surface area contributed by atoms with E-state index >= 15 is 0 Å². The van der Waals surface area contributed by atoms with Gasteiger partial charge in [0, 0.05) is 12.3 Å². The number of hydrogen-bond donors (Lipinski definition) is 1. The van der Waals surface area contributed by atoms with Crippen LogP contribution in [0.4, 0.5) is 5.95 Å². The highest BCUT2D eigenvalue weighted by molar-refractivity contribution is 5.76. The Kier molecular flexibility index (Phi) is 3.23. The Morgan fingerprint density at radius 1 is 1.09 bits per heavy atom. The van der Waals surface area contributed by atoms with Crippen molar-refractivity contribution in [1.82, 2.24) is 24.7 Å². The van der Waals surface area contributed by atoms with E-state index in [2.05, 4.69) is 25.4 Å². The number of nitrogens with one attached hydrogen (secondary N) is 1. The molecule has 1 atom stereocenters. The van der Waals surface area contributed by atoms with Crippen molar-refractivity contribution < 1.29 is 4.52 Å². The zero-order chi connectivity index (χ0) is 15.6. The lowest BCUT2D eigenvalue weighted by Crippen LogP contribution is -2.10. The number of benzene rings is 1. The van der Waals surface area contributed by atoms with Gasteiger partial charge in [0.05, 0.1) is 23.3 Å². The lowest BCUT2D eigenvalue weighted by atomic mass is 10.2. The molecular weight excluding hydrogens is 292 g/mol. The van der Waals surface area contributed by atoms with Crippen molar-refractivity contribution in [1.29, 1.82) is 0 Å². The molecule has 1 unspecified atom stereocenters. The minimum Gasteiger partial charge on any atom is -0.359 e. The molecule has 0 spiro atoms. The average molecular weight is 306 g/mol. The number of anilines is 1. The maximum atomic E-state index is 5.14. The summed E-state index contributed by atoms with van der Waals surface area (Å²) in [4.78, 5) is 13.2. The summed E-state index contributed by atoms with van der Waals surface area (Å²) in [6.07, 6.45) is 5.09. The molecule has 0 aliphatic rings. The molecule has 1 aromatic carbocycles. The number of hydrogen-bond acceptors (Lipinski definition) is 6. The summed E-state index contributed by atoms with van der Waals surface area (Å²) >= 11 is 0. The predicted molar refractivity (Wildman–Crippen MR) is 85.2 cm³/mol. The zero-order valence-electron chi connectivity index (χ0n) is 12.4. The monoisotopic (exact) mass is 306 g/mol. The normalized spacial score (nSPS) is 12.4. The molecule has 0 amide bonds. The second kappa shape index (κ2) is 5.53. The van der Waals surface area contributed by atoms with Gasteiger partial charge in [0.15, 0.2) is 5.76 Å². The molecule has 1 N–H and O–H groups in total. The lowest BCUT2D eigenvalue weighted by molar-refractivity contribution is 0.373. The van der Waals surface area contributed by atoms with E-state index < -0.39 is 0 Å². The van der Waals surface area contributed by atoms with Gasteiger partial charge in [-0.05, 0) is 25.1 Å². The van der Waals surface area contributed by atoms with Crippen molar-refractivity contribution in [3.8, 4) is 5.82 Å². The summed E-state index contributed by atoms with van der Waals surface area (Å²) in [5, 5.41) is 6.91. The van der Waals surface area contributed by atoms with E-state index in [1.807, 2.05) is 47.9 Å². The Bertz CT molecular complexity index is 931. The van der Waals surface area contributed by atoms with Crippen LogP contribution >= 0.6 is 0 Å². The van der Waals surface area contributed by atoms with Gasteiger partial charge in [-0.15, -0.1) is 0 Å². The fourth-order valence-corrected chi connectivity index (χ4v) is 2.41. The molecule has 0 saturated carbocycles. The van der Waals surface area contributed by atoms with E-state index in [4.69, 9.17) is 4.52 Å². The molecule has 3 heterocycles. The second-order valence-corrected chi connectivity index (χ2v) is 5.12. The van der Waals surface area contributed by atoms with Gasteiger partial charge in [-0.3, -0.25) is 4.57 Å². The van der Waals surface area contributed by atoms with Gasteiger partial charge in [0.25, 0.3) is 0 Å². The quantitative estimate of drug-likeness (QED) is 0.624. The van der Waals surface area contributed by atoms with Crippen molar-refractivity contribution in [2.75, 3.05) is 5.32 Å². The summed E-state index contributed by atoms with van der Waals surface area (Å²) in [6.45, 7) is 1.96. The standard InChI is InChI=1S/C16H14N6O/c1-11(14-6-9-19-23-14)20-16-17-8-7-15(21-16)22-10-18-12-4-2-3-5-13(12)22/h2-11H,1H3,(H,17,20,21). The average Bonchev–Trinajstić information content (AvgIpc) is 3.25. The molecule has 23 heavy (non-hydrogen) atoms. The fraction of sp³-hybridized carbons (Fsp3) is 0.125. The minimum atomic E-state index is -0.0766. The van der Waals surface area contributed by atoms with E-state index in [-0.39, 0.29) is 6.04 Å². The molecule has 0 fully saturated rings. The maximum Gasteiger partial charge on any atom is 0.225 e. The van der Waals surface area contributed by atoms with Crippen LogP contribution < -0.4 is 5.32 Å². The van der Waals surface area contributed by atoms with Gasteiger partial charge in [-0.25, -0.2) is 9.97 Å². The first-order valence-electron chi connectivity index (χ1n) is 7.24. The molecule has 0 bridgehead atoms. The number of fused-ring (bicyclic) bond motifs is 1. The SMILES string of the molecule is CC(Nc1nccc(-n2cnc3ccccc32)n1)c1ccno1. The van der Waals surface area contributed by atoms with Gasteiger partial charge in [0.2, 0.25) is 5.95 Å². The van der Waals surface area contributed by atoms with Crippen LogP contribution in [-0.4, -0.2) is 24.7 Å². The molecule has 4 aromatic rings. The highest BCUT2D eigenvalue weighted by Crippen LogP contribution is 2.19. The number of imidazole rings is 1. The van der Waals surface area contributed by atoms with Crippen molar-refractivity contribution in [2.45, 2.75) is 13.0 Å². The highest BCUT2D eigenvalue weighted by Gasteiger charge is 2.12. The molecule has 7 heteroatoms. The highest BCUT2D eigenvalue weighted by atomic mass is 16.5. The van der Waals surface area contributed by atoms with Crippen LogP contribution in [0.3, 0.4) is 0 Å². The number of rotatable bonds is 4. The van der Waals surface area contributed by atoms with E-state index in [0.29, 0.717) is 5.95 Å². The summed E-state index contributed by atoms with van der Waals surface area (Å²) in [5.74, 6) is 2.00. The Hall–Kier alpha value is -3.22. The van der Waals surface area contributed by atoms with E-state index in [1.165, 1.54) is 0 Å². The third-order valence-electron chi connectivity index (χ3n) is 3.57. The first kappa shape index (κ1) is 13.4. The fourth-order valence-electron chi connectivity index (χ4n) is 2.41. The molecule has 3 aromatic heterocycles. The Morgan fingerprint density at radius 2 is 2.00 bits per heavy atom. The van der Waals surface area contributed by atoms with Crippen molar-refractivity contribution >= 4 is 17.0 Å². The Balaban J connectivity index is 1.66. The lowest BCUT2D eigenvalue weighted by Gasteiger charge is -2.11. The number of aromatic nitrogens is 5. The van der Waals surface area contributed by atoms with Crippen LogP contribution in [0.15, 0.2) is 59.6 Å². The zero-order valence-corrected chi connectivity index (χ0v) is 12.4. The third kappa shape index (κ3) is 2.52. The smallest absolute Gasteiger partial charge is 0.225 e. The van der Waals surface area contributed by atoms with Gasteiger partial charge in [0.1, 0.15) is 12.1 Å². The van der Waals surface area contributed by atoms with Crippen LogP contribution in [0, 0.1) is 0 Å². The summed E-state index contributed by atoms with van der Waals surface area (Å²) in [6, 6.07) is 11.5. The summed E-state index contributed by atoms with van der Waals surface area (Å²) in [5.41, 5.74) is 1.93. The molecule has 4 rings (SSSR count). The van der Waals surface area contributed by atoms with Gasteiger partial charge in [-0.1, -0.05) is 17.3 Å². The predicted octanol–water partition coefficient (Wildman–Crippen LogP) is 2.98. The number of nitrogens with zero attached hydrogens (tertiary/aromatic N) is 5. The largest absolute Gasteiger partial charge is 0.359 e. The Morgan fingerprint density at radius 3 is 2.87 bits per heavy atom. The van der Waals surface area contributed by atoms with Gasteiger partial charge in [-0.2, -0.15) is 4.98 Å². The number of para-hydroxylation sites is 2. The third-order valence-corrected chi connectivity index (χ3v) is 3.57. The summed E-state index contributed by atoms with van der Waals surface area (Å²) in [7, 11) is 0. The maximum absolute atomic E-state index is 5.14. The molecule has 114 valence electrons. The molecular formula is C16H14N6O. The van der Waals surface area contributed by atoms with Crippen molar-refractivity contribution in [2.24, 2.45) is 0 Å². The molecule has 0 radical (unpaired) electrons. The first-order chi connectivity index (χ1) is 11.3. The van der Waals surface area contributed by atoms with Gasteiger partial charge < -0.3 is 9.84 Å². The minimum absolute atomic E-state index is 0.0766. The van der Waals surface area contributed by atoms with Crippen LogP contribution in [-0.2, 0) is 0 Å². The van der Waals surface area contributed by atoms with Crippen molar-refractivity contribution in [3.05, 3.63) is 60.9 Å². The molecule has 0 aliphatic carbocycles. The summed E-state index contributed by atoms with van der Waals surface area (Å²) < 4.78 is 7.08. The molecule has 0 aliphatic heterocycles. The Labute approximate surface area is 132 Å². The van der Waals surface area contributed by atoms with E-state index in [0.717, 1.165) is 22.6 Å². The first-order valence-corrected chi connectivity index (χ1v) is 7.24. The van der Waals surface area contributed by atoms with Crippen LogP contribution in [0.5, 0.6) is 0 Å². The van der Waals surface area contributed by atoms with Crippen molar-refractivity contribution in [3.63, 3.8) is 0 Å². The molecule has 7 nitrogen and oxygen atoms in total. The van der Waals surface area contributed by atoms with Crippen LogP contribution in [0.2, 0.25) is 0 Å². The molecule has 0 saturated heterocycles. The van der Waals surface area contributed by atoms with E-state index in [1.54, 1.807) is 18.7 Å². The topological polar surface area (TPSA) is 81.7 Å². The second-order valence-electron chi connectivity index (χ2n) is 5.12.